The number of nitrogens with one attached hydrogen (secondary N) is 1. The van der Waals surface area contributed by atoms with Crippen molar-refractivity contribution in [3.05, 3.63) is 198 Å². The highest BCUT2D eigenvalue weighted by Crippen LogP contribution is 2.39. The van der Waals surface area contributed by atoms with Gasteiger partial charge in [-0.25, -0.2) is 4.98 Å². The van der Waals surface area contributed by atoms with Crippen LogP contribution in [0.5, 0.6) is 0 Å². The van der Waals surface area contributed by atoms with E-state index in [-0.39, 0.29) is 18.1 Å². The average molecular weight is 648 g/mol. The molecule has 0 amide bonds. The van der Waals surface area contributed by atoms with Crippen molar-refractivity contribution in [3.63, 3.8) is 0 Å². The second-order valence-corrected chi connectivity index (χ2v) is 13.4. The van der Waals surface area contributed by atoms with Gasteiger partial charge in [-0.1, -0.05) is 133 Å². The van der Waals surface area contributed by atoms with Gasteiger partial charge in [0, 0.05) is 36.5 Å². The Labute approximate surface area is 296 Å². The number of benzene rings is 5. The van der Waals surface area contributed by atoms with Gasteiger partial charge in [0.05, 0.1) is 17.4 Å². The number of pyridine rings is 1. The number of nitrogens with zero attached hydrogens (tertiary/aromatic N) is 2. The molecule has 8 rings (SSSR count). The van der Waals surface area contributed by atoms with Gasteiger partial charge in [-0.3, -0.25) is 0 Å². The highest BCUT2D eigenvalue weighted by molar-refractivity contribution is 5.79. The molecule has 2 aliphatic rings. The summed E-state index contributed by atoms with van der Waals surface area (Å²) in [5.74, 6) is 0. The first-order valence-corrected chi connectivity index (χ1v) is 17.6. The summed E-state index contributed by atoms with van der Waals surface area (Å²) < 4.78 is 0. The van der Waals surface area contributed by atoms with Crippen LogP contribution in [0.2, 0.25) is 0 Å². The Morgan fingerprint density at radius 2 is 1.08 bits per heavy atom. The largest absolute Gasteiger partial charge is 0.370 e. The fraction of sp³-hybridized carbons (Fsp3) is 0.128. The van der Waals surface area contributed by atoms with Crippen molar-refractivity contribution in [2.24, 2.45) is 0 Å². The first-order valence-electron chi connectivity index (χ1n) is 17.6. The number of rotatable bonds is 7. The molecule has 5 aromatic carbocycles. The lowest BCUT2D eigenvalue weighted by molar-refractivity contribution is 0.390. The van der Waals surface area contributed by atoms with Crippen LogP contribution in [-0.4, -0.2) is 23.0 Å². The van der Waals surface area contributed by atoms with Gasteiger partial charge in [0.1, 0.15) is 0 Å². The first-order chi connectivity index (χ1) is 24.6. The van der Waals surface area contributed by atoms with E-state index in [4.69, 9.17) is 4.98 Å². The van der Waals surface area contributed by atoms with Gasteiger partial charge in [-0.05, 0) is 94.3 Å². The molecule has 50 heavy (non-hydrogen) atoms. The van der Waals surface area contributed by atoms with E-state index in [1.807, 2.05) is 0 Å². The molecule has 244 valence electrons. The van der Waals surface area contributed by atoms with Gasteiger partial charge in [-0.15, -0.1) is 0 Å². The van der Waals surface area contributed by atoms with E-state index in [1.165, 1.54) is 39.0 Å². The van der Waals surface area contributed by atoms with Crippen molar-refractivity contribution in [1.82, 2.24) is 15.2 Å². The molecule has 0 saturated carbocycles. The molecule has 0 spiro atoms. The van der Waals surface area contributed by atoms with Gasteiger partial charge in [0.2, 0.25) is 0 Å². The zero-order chi connectivity index (χ0) is 33.9. The van der Waals surface area contributed by atoms with Gasteiger partial charge in [0.25, 0.3) is 0 Å². The molecule has 3 heteroatoms. The highest BCUT2D eigenvalue weighted by Gasteiger charge is 2.25. The SMILES string of the molecule is CC1C=C(c2ccccc2)CC(c2cc(-c3cc(-c4ccccc4)nc(-c4ccccc4)c3)cc([C@H]3C=C(c4ccccc4)C=CN3C)c2)N1. The van der Waals surface area contributed by atoms with Crippen molar-refractivity contribution >= 4 is 11.1 Å². The van der Waals surface area contributed by atoms with Crippen molar-refractivity contribution in [1.29, 1.82) is 0 Å². The number of hydrogen-bond donors (Lipinski definition) is 1. The Kier molecular flexibility index (Phi) is 8.81. The predicted octanol–water partition coefficient (Wildman–Crippen LogP) is 11.2. The van der Waals surface area contributed by atoms with Crippen LogP contribution in [0.25, 0.3) is 44.8 Å². The normalized spacial score (nSPS) is 18.8. The van der Waals surface area contributed by atoms with E-state index < -0.39 is 0 Å². The van der Waals surface area contributed by atoms with E-state index in [9.17, 15) is 0 Å². The minimum atomic E-state index is 0.0723. The second kappa shape index (κ2) is 14.0. The van der Waals surface area contributed by atoms with E-state index in [0.717, 1.165) is 34.5 Å². The Morgan fingerprint density at radius 1 is 0.560 bits per heavy atom. The molecule has 1 aromatic heterocycles. The van der Waals surface area contributed by atoms with Crippen LogP contribution in [0.1, 0.15) is 47.7 Å². The molecule has 0 radical (unpaired) electrons. The van der Waals surface area contributed by atoms with Crippen LogP contribution >= 0.6 is 0 Å². The first kappa shape index (κ1) is 31.5. The lowest BCUT2D eigenvalue weighted by atomic mass is 9.85. The minimum Gasteiger partial charge on any atom is -0.370 e. The van der Waals surface area contributed by atoms with Gasteiger partial charge in [-0.2, -0.15) is 0 Å². The minimum absolute atomic E-state index is 0.0723. The highest BCUT2D eigenvalue weighted by atomic mass is 15.1. The molecule has 2 aliphatic heterocycles. The summed E-state index contributed by atoms with van der Waals surface area (Å²) in [5.41, 5.74) is 14.2. The third-order valence-electron chi connectivity index (χ3n) is 9.88. The molecule has 0 bridgehead atoms. The molecule has 6 aromatic rings. The smallest absolute Gasteiger partial charge is 0.0727 e. The van der Waals surface area contributed by atoms with Crippen molar-refractivity contribution in [3.8, 4) is 33.6 Å². The zero-order valence-corrected chi connectivity index (χ0v) is 28.6. The Morgan fingerprint density at radius 3 is 1.68 bits per heavy atom. The maximum atomic E-state index is 5.19. The van der Waals surface area contributed by atoms with Gasteiger partial charge in [0.15, 0.2) is 0 Å². The standard InChI is InChI=1S/C47H41N3/c1-33-25-39(35-17-9-4-10-18-35)29-46(48-33)42-26-40(27-43(28-42)47-32-38(23-24-50(47)2)34-15-7-3-8-16-34)41-30-44(36-19-11-5-12-20-36)49-45(31-41)37-21-13-6-14-22-37/h3-28,30-33,46-48H,29H2,1-2H3/t33?,46?,47-/m1/s1. The van der Waals surface area contributed by atoms with Crippen LogP contribution in [0, 0.1) is 0 Å². The number of allylic oxidation sites excluding steroid dienone is 2. The average Bonchev–Trinajstić information content (AvgIpc) is 3.19. The maximum absolute atomic E-state index is 5.19. The van der Waals surface area contributed by atoms with Gasteiger partial charge < -0.3 is 10.2 Å². The number of aromatic nitrogens is 1. The Bertz CT molecular complexity index is 2130. The summed E-state index contributed by atoms with van der Waals surface area (Å²) in [7, 11) is 2.18. The fourth-order valence-corrected chi connectivity index (χ4v) is 7.31. The third-order valence-corrected chi connectivity index (χ3v) is 9.88. The molecule has 2 unspecified atom stereocenters. The lowest BCUT2D eigenvalue weighted by Gasteiger charge is -2.32. The van der Waals surface area contributed by atoms with Crippen LogP contribution in [0.4, 0.5) is 0 Å². The molecule has 3 atom stereocenters. The monoisotopic (exact) mass is 647 g/mol. The van der Waals surface area contributed by atoms with E-state index in [2.05, 4.69) is 200 Å². The molecule has 3 heterocycles. The summed E-state index contributed by atoms with van der Waals surface area (Å²) in [6, 6.07) is 54.8. The Balaban J connectivity index is 1.29. The molecule has 1 N–H and O–H groups in total. The second-order valence-electron chi connectivity index (χ2n) is 13.4. The molecule has 3 nitrogen and oxygen atoms in total. The lowest BCUT2D eigenvalue weighted by Crippen LogP contribution is -2.33. The summed E-state index contributed by atoms with van der Waals surface area (Å²) in [6.07, 6.45) is 10.1. The molecule has 0 saturated heterocycles. The number of likely N-dealkylation sites (N-methyl/N-ethyl adjacent to an activating group) is 1. The molecular weight excluding hydrogens is 607 g/mol. The molecular formula is C47H41N3. The van der Waals surface area contributed by atoms with E-state index in [0.29, 0.717) is 0 Å². The van der Waals surface area contributed by atoms with Gasteiger partial charge >= 0.3 is 0 Å². The summed E-state index contributed by atoms with van der Waals surface area (Å²) in [5, 5.41) is 3.93. The van der Waals surface area contributed by atoms with Crippen LogP contribution < -0.4 is 5.32 Å². The quantitative estimate of drug-likeness (QED) is 0.187. The van der Waals surface area contributed by atoms with Crippen molar-refractivity contribution < 1.29 is 0 Å². The van der Waals surface area contributed by atoms with Crippen LogP contribution in [0.15, 0.2) is 176 Å². The van der Waals surface area contributed by atoms with E-state index >= 15 is 0 Å². The molecule has 0 aliphatic carbocycles. The van der Waals surface area contributed by atoms with Crippen LogP contribution in [0.3, 0.4) is 0 Å². The Hall–Kier alpha value is -5.77. The maximum Gasteiger partial charge on any atom is 0.0727 e. The topological polar surface area (TPSA) is 28.2 Å². The summed E-state index contributed by atoms with van der Waals surface area (Å²) in [6.45, 7) is 2.26. The van der Waals surface area contributed by atoms with Crippen molar-refractivity contribution in [2.45, 2.75) is 31.5 Å². The summed E-state index contributed by atoms with van der Waals surface area (Å²) >= 11 is 0. The fourth-order valence-electron chi connectivity index (χ4n) is 7.31. The van der Waals surface area contributed by atoms with Crippen LogP contribution in [-0.2, 0) is 0 Å². The number of hydrogen-bond acceptors (Lipinski definition) is 3. The summed E-state index contributed by atoms with van der Waals surface area (Å²) in [4.78, 5) is 7.50. The van der Waals surface area contributed by atoms with Crippen molar-refractivity contribution in [2.75, 3.05) is 7.05 Å². The zero-order valence-electron chi connectivity index (χ0n) is 28.6. The van der Waals surface area contributed by atoms with E-state index in [1.54, 1.807) is 0 Å². The third kappa shape index (κ3) is 6.74. The predicted molar refractivity (Wildman–Crippen MR) is 209 cm³/mol. The molecule has 0 fully saturated rings.